The maximum absolute atomic E-state index is 4.18. The van der Waals surface area contributed by atoms with E-state index in [0.717, 1.165) is 13.1 Å². The lowest BCUT2D eigenvalue weighted by Gasteiger charge is -1.81. The van der Waals surface area contributed by atoms with Crippen LogP contribution in [0.2, 0.25) is 0 Å². The third-order valence-electron chi connectivity index (χ3n) is 1.29. The highest BCUT2D eigenvalue weighted by Gasteiger charge is 1.98. The van der Waals surface area contributed by atoms with Crippen molar-refractivity contribution in [3.63, 3.8) is 0 Å². The van der Waals surface area contributed by atoms with E-state index in [-0.39, 0.29) is 0 Å². The largest absolute Gasteiger partial charge is 0.155 e. The SMILES string of the molecule is CCn1cc[n+](CC)n1. The molecule has 0 saturated heterocycles. The van der Waals surface area contributed by atoms with Crippen molar-refractivity contribution in [2.75, 3.05) is 0 Å². The lowest BCUT2D eigenvalue weighted by molar-refractivity contribution is -0.752. The van der Waals surface area contributed by atoms with Gasteiger partial charge in [0, 0.05) is 0 Å². The van der Waals surface area contributed by atoms with Crippen molar-refractivity contribution >= 4 is 0 Å². The van der Waals surface area contributed by atoms with Crippen LogP contribution in [0.25, 0.3) is 0 Å². The summed E-state index contributed by atoms with van der Waals surface area (Å²) in [6.07, 6.45) is 3.95. The molecule has 0 aliphatic rings. The minimum atomic E-state index is 0.951. The van der Waals surface area contributed by atoms with Crippen molar-refractivity contribution in [3.8, 4) is 0 Å². The highest BCUT2D eigenvalue weighted by atomic mass is 15.5. The summed E-state index contributed by atoms with van der Waals surface area (Å²) in [4.78, 5) is 0. The van der Waals surface area contributed by atoms with E-state index in [1.807, 2.05) is 21.8 Å². The maximum atomic E-state index is 4.18. The van der Waals surface area contributed by atoms with Gasteiger partial charge >= 0.3 is 0 Å². The van der Waals surface area contributed by atoms with Gasteiger partial charge in [-0.1, -0.05) is 0 Å². The summed E-state index contributed by atoms with van der Waals surface area (Å²) in [5.74, 6) is 0. The fourth-order valence-corrected chi connectivity index (χ4v) is 0.698. The number of rotatable bonds is 2. The number of aromatic nitrogens is 3. The third kappa shape index (κ3) is 1.28. The minimum absolute atomic E-state index is 0.951. The molecule has 0 spiro atoms. The Kier molecular flexibility index (Phi) is 1.82. The van der Waals surface area contributed by atoms with Gasteiger partial charge in [-0.25, -0.2) is 0 Å². The molecule has 50 valence electrons. The van der Waals surface area contributed by atoms with Gasteiger partial charge in [0.15, 0.2) is 12.4 Å². The van der Waals surface area contributed by atoms with E-state index in [4.69, 9.17) is 0 Å². The van der Waals surface area contributed by atoms with Gasteiger partial charge in [-0.3, -0.25) is 0 Å². The van der Waals surface area contributed by atoms with Crippen LogP contribution < -0.4 is 4.68 Å². The van der Waals surface area contributed by atoms with Gasteiger partial charge in [0.1, 0.15) is 13.1 Å². The average molecular weight is 126 g/mol. The normalized spacial score (nSPS) is 10.0. The molecule has 0 saturated carbocycles. The van der Waals surface area contributed by atoms with Crippen molar-refractivity contribution in [1.29, 1.82) is 0 Å². The van der Waals surface area contributed by atoms with Crippen LogP contribution >= 0.6 is 0 Å². The van der Waals surface area contributed by atoms with Gasteiger partial charge in [-0.05, 0) is 13.8 Å². The molecule has 0 amide bonds. The summed E-state index contributed by atoms with van der Waals surface area (Å²) in [5.41, 5.74) is 0. The summed E-state index contributed by atoms with van der Waals surface area (Å²) < 4.78 is 3.81. The molecule has 0 fully saturated rings. The van der Waals surface area contributed by atoms with Gasteiger partial charge in [-0.2, -0.15) is 0 Å². The molecule has 0 unspecified atom stereocenters. The van der Waals surface area contributed by atoms with E-state index >= 15 is 0 Å². The first-order chi connectivity index (χ1) is 4.36. The molecular formula is C6H12N3+. The topological polar surface area (TPSA) is 21.7 Å². The zero-order valence-corrected chi connectivity index (χ0v) is 5.91. The third-order valence-corrected chi connectivity index (χ3v) is 1.29. The second kappa shape index (κ2) is 2.62. The first kappa shape index (κ1) is 6.26. The highest BCUT2D eigenvalue weighted by Crippen LogP contribution is 1.75. The zero-order valence-electron chi connectivity index (χ0n) is 5.91. The lowest BCUT2D eigenvalue weighted by Crippen LogP contribution is -2.34. The molecule has 1 aromatic heterocycles. The first-order valence-electron chi connectivity index (χ1n) is 3.30. The highest BCUT2D eigenvalue weighted by molar-refractivity contribution is 4.55. The molecular weight excluding hydrogens is 114 g/mol. The van der Waals surface area contributed by atoms with E-state index in [2.05, 4.69) is 19.1 Å². The average Bonchev–Trinajstić information content (AvgIpc) is 2.34. The Hall–Kier alpha value is -0.860. The van der Waals surface area contributed by atoms with Crippen LogP contribution in [-0.2, 0) is 13.1 Å². The van der Waals surface area contributed by atoms with Crippen molar-refractivity contribution in [3.05, 3.63) is 12.4 Å². The molecule has 0 aliphatic carbocycles. The summed E-state index contributed by atoms with van der Waals surface area (Å²) in [6.45, 7) is 6.06. The molecule has 0 atom stereocenters. The Morgan fingerprint density at radius 3 is 2.67 bits per heavy atom. The van der Waals surface area contributed by atoms with Gasteiger partial charge in [0.2, 0.25) is 0 Å². The summed E-state index contributed by atoms with van der Waals surface area (Å²) >= 11 is 0. The maximum Gasteiger partial charge on any atom is 0.155 e. The van der Waals surface area contributed by atoms with Crippen molar-refractivity contribution in [1.82, 2.24) is 9.90 Å². The van der Waals surface area contributed by atoms with Gasteiger partial charge in [0.05, 0.1) is 5.21 Å². The Bertz CT molecular complexity index is 162. The fourth-order valence-electron chi connectivity index (χ4n) is 0.698. The molecule has 3 heteroatoms. The fraction of sp³-hybridized carbons (Fsp3) is 0.667. The Balaban J connectivity index is 2.74. The number of aryl methyl sites for hydroxylation is 2. The second-order valence-corrected chi connectivity index (χ2v) is 1.90. The molecule has 3 nitrogen and oxygen atoms in total. The monoisotopic (exact) mass is 126 g/mol. The molecule has 0 aliphatic heterocycles. The number of nitrogens with zero attached hydrogens (tertiary/aromatic N) is 3. The quantitative estimate of drug-likeness (QED) is 0.519. The van der Waals surface area contributed by atoms with Crippen LogP contribution in [0.1, 0.15) is 13.8 Å². The predicted molar refractivity (Wildman–Crippen MR) is 33.8 cm³/mol. The van der Waals surface area contributed by atoms with Crippen molar-refractivity contribution < 1.29 is 4.68 Å². The van der Waals surface area contributed by atoms with Crippen LogP contribution in [-0.4, -0.2) is 9.90 Å². The molecule has 1 heterocycles. The Labute approximate surface area is 54.9 Å². The molecule has 0 N–H and O–H groups in total. The van der Waals surface area contributed by atoms with Gasteiger partial charge < -0.3 is 0 Å². The van der Waals surface area contributed by atoms with Crippen LogP contribution in [0, 0.1) is 0 Å². The van der Waals surface area contributed by atoms with E-state index in [1.165, 1.54) is 0 Å². The summed E-state index contributed by atoms with van der Waals surface area (Å²) in [5, 5.41) is 4.18. The summed E-state index contributed by atoms with van der Waals surface area (Å²) in [6, 6.07) is 0. The van der Waals surface area contributed by atoms with E-state index < -0.39 is 0 Å². The van der Waals surface area contributed by atoms with Crippen LogP contribution in [0.4, 0.5) is 0 Å². The van der Waals surface area contributed by atoms with Gasteiger partial charge in [-0.15, -0.1) is 9.36 Å². The van der Waals surface area contributed by atoms with E-state index in [9.17, 15) is 0 Å². The number of hydrogen-bond acceptors (Lipinski definition) is 1. The lowest BCUT2D eigenvalue weighted by atomic mass is 10.7. The van der Waals surface area contributed by atoms with Gasteiger partial charge in [0.25, 0.3) is 0 Å². The van der Waals surface area contributed by atoms with Crippen LogP contribution in [0.15, 0.2) is 12.4 Å². The molecule has 9 heavy (non-hydrogen) atoms. The van der Waals surface area contributed by atoms with E-state index in [0.29, 0.717) is 0 Å². The molecule has 1 aromatic rings. The zero-order chi connectivity index (χ0) is 6.69. The first-order valence-corrected chi connectivity index (χ1v) is 3.30. The van der Waals surface area contributed by atoms with Crippen molar-refractivity contribution in [2.24, 2.45) is 0 Å². The molecule has 0 bridgehead atoms. The predicted octanol–water partition coefficient (Wildman–Crippen LogP) is 0.210. The van der Waals surface area contributed by atoms with E-state index in [1.54, 1.807) is 0 Å². The Morgan fingerprint density at radius 2 is 2.33 bits per heavy atom. The van der Waals surface area contributed by atoms with Crippen molar-refractivity contribution in [2.45, 2.75) is 26.9 Å². The smallest absolute Gasteiger partial charge is 0.138 e. The molecule has 0 radical (unpaired) electrons. The standard InChI is InChI=1S/C6H12N3/c1-3-8-5-6-9(4-2)7-8/h5-6H,3-4H2,1-2H3/q+1. The summed E-state index contributed by atoms with van der Waals surface area (Å²) in [7, 11) is 0. The second-order valence-electron chi connectivity index (χ2n) is 1.90. The minimum Gasteiger partial charge on any atom is -0.138 e. The number of hydrogen-bond donors (Lipinski definition) is 0. The Morgan fingerprint density at radius 1 is 1.56 bits per heavy atom. The van der Waals surface area contributed by atoms with Crippen LogP contribution in [0.3, 0.4) is 0 Å². The molecule has 0 aromatic carbocycles. The molecule has 1 rings (SSSR count). The van der Waals surface area contributed by atoms with Crippen LogP contribution in [0.5, 0.6) is 0 Å².